The molecular formula is C25H31N4O7S-. The van der Waals surface area contributed by atoms with Crippen LogP contribution in [0.1, 0.15) is 12.8 Å². The molecule has 12 heteroatoms. The molecule has 0 aliphatic carbocycles. The highest BCUT2D eigenvalue weighted by Crippen LogP contribution is 2.31. The van der Waals surface area contributed by atoms with E-state index in [1.165, 1.54) is 0 Å². The fourth-order valence-electron chi connectivity index (χ4n) is 4.86. The molecule has 0 spiro atoms. The third kappa shape index (κ3) is 6.21. The Morgan fingerprint density at radius 1 is 1.03 bits per heavy atom. The first-order valence-electron chi connectivity index (χ1n) is 12.1. The van der Waals surface area contributed by atoms with E-state index < -0.39 is 29.1 Å². The van der Waals surface area contributed by atoms with Crippen LogP contribution in [0.4, 0.5) is 10.5 Å². The van der Waals surface area contributed by atoms with Crippen LogP contribution in [0.5, 0.6) is 5.75 Å². The van der Waals surface area contributed by atoms with Gasteiger partial charge >= 0.3 is 6.03 Å². The molecule has 0 aromatic heterocycles. The van der Waals surface area contributed by atoms with E-state index in [9.17, 15) is 23.6 Å². The summed E-state index contributed by atoms with van der Waals surface area (Å²) in [7, 11) is 1.59. The quantitative estimate of drug-likeness (QED) is 0.317. The minimum absolute atomic E-state index is 0.0803. The van der Waals surface area contributed by atoms with Crippen molar-refractivity contribution in [2.45, 2.75) is 18.9 Å². The van der Waals surface area contributed by atoms with Crippen molar-refractivity contribution in [1.82, 2.24) is 15.3 Å². The van der Waals surface area contributed by atoms with Gasteiger partial charge in [0, 0.05) is 43.1 Å². The SMILES string of the molecule is COc1ccc(-c2ccc(N(C(C(=O)NO)C3CCN(C(=O)N4CCOCC4)CC3)S(=O)[O-])cc2)cc1. The largest absolute Gasteiger partial charge is 0.755 e. The number of methoxy groups -OCH3 is 1. The number of amides is 3. The normalized spacial score (nSPS) is 18.1. The zero-order valence-electron chi connectivity index (χ0n) is 20.6. The number of piperidine rings is 1. The summed E-state index contributed by atoms with van der Waals surface area (Å²) in [6.45, 7) is 2.83. The second-order valence-electron chi connectivity index (χ2n) is 8.95. The molecule has 2 N–H and O–H groups in total. The maximum absolute atomic E-state index is 12.8. The molecule has 2 aliphatic heterocycles. The summed E-state index contributed by atoms with van der Waals surface area (Å²) in [6, 6.07) is 13.0. The van der Waals surface area contributed by atoms with Gasteiger partial charge in [-0.1, -0.05) is 24.3 Å². The van der Waals surface area contributed by atoms with Gasteiger partial charge in [0.15, 0.2) is 0 Å². The number of hydrogen-bond donors (Lipinski definition) is 2. The summed E-state index contributed by atoms with van der Waals surface area (Å²) in [5, 5.41) is 9.44. The second-order valence-corrected chi connectivity index (χ2v) is 9.77. The number of benzene rings is 2. The van der Waals surface area contributed by atoms with E-state index in [-0.39, 0.29) is 6.03 Å². The molecule has 2 fully saturated rings. The monoisotopic (exact) mass is 531 g/mol. The number of urea groups is 1. The molecular weight excluding hydrogens is 500 g/mol. The van der Waals surface area contributed by atoms with Crippen molar-refractivity contribution in [1.29, 1.82) is 0 Å². The fraction of sp³-hybridized carbons (Fsp3) is 0.440. The van der Waals surface area contributed by atoms with Crippen molar-refractivity contribution in [2.24, 2.45) is 5.92 Å². The molecule has 4 rings (SSSR count). The molecule has 37 heavy (non-hydrogen) atoms. The van der Waals surface area contributed by atoms with Gasteiger partial charge in [0.05, 0.1) is 20.3 Å². The Balaban J connectivity index is 1.50. The average molecular weight is 532 g/mol. The molecule has 2 unspecified atom stereocenters. The van der Waals surface area contributed by atoms with Crippen LogP contribution < -0.4 is 14.5 Å². The van der Waals surface area contributed by atoms with Gasteiger partial charge in [-0.05, 0) is 54.2 Å². The van der Waals surface area contributed by atoms with Crippen LogP contribution in [0.25, 0.3) is 11.1 Å². The number of hydrogen-bond acceptors (Lipinski definition) is 7. The van der Waals surface area contributed by atoms with Crippen molar-refractivity contribution in [3.05, 3.63) is 48.5 Å². The Kier molecular flexibility index (Phi) is 8.98. The van der Waals surface area contributed by atoms with E-state index in [4.69, 9.17) is 9.47 Å². The lowest BCUT2D eigenvalue weighted by molar-refractivity contribution is -0.131. The Morgan fingerprint density at radius 2 is 1.57 bits per heavy atom. The van der Waals surface area contributed by atoms with Crippen molar-refractivity contribution in [2.75, 3.05) is 50.8 Å². The number of morpholine rings is 1. The number of hydroxylamine groups is 1. The molecule has 200 valence electrons. The van der Waals surface area contributed by atoms with E-state index in [2.05, 4.69) is 0 Å². The topological polar surface area (TPSA) is 135 Å². The number of anilines is 1. The van der Waals surface area contributed by atoms with Crippen molar-refractivity contribution in [3.63, 3.8) is 0 Å². The van der Waals surface area contributed by atoms with E-state index in [1.807, 2.05) is 24.3 Å². The van der Waals surface area contributed by atoms with Gasteiger partial charge in [0.2, 0.25) is 0 Å². The van der Waals surface area contributed by atoms with E-state index >= 15 is 0 Å². The van der Waals surface area contributed by atoms with Crippen LogP contribution in [0.2, 0.25) is 0 Å². The second kappa shape index (κ2) is 12.4. The van der Waals surface area contributed by atoms with Gasteiger partial charge in [-0.15, -0.1) is 0 Å². The summed E-state index contributed by atoms with van der Waals surface area (Å²) in [5.74, 6) is -0.495. The summed E-state index contributed by atoms with van der Waals surface area (Å²) < 4.78 is 36.2. The molecule has 2 saturated heterocycles. The lowest BCUT2D eigenvalue weighted by Crippen LogP contribution is -2.56. The van der Waals surface area contributed by atoms with Crippen LogP contribution in [-0.2, 0) is 20.8 Å². The van der Waals surface area contributed by atoms with Gasteiger partial charge in [-0.3, -0.25) is 18.5 Å². The maximum Gasteiger partial charge on any atom is 0.320 e. The molecule has 11 nitrogen and oxygen atoms in total. The van der Waals surface area contributed by atoms with Gasteiger partial charge < -0.3 is 23.8 Å². The van der Waals surface area contributed by atoms with E-state index in [0.717, 1.165) is 21.2 Å². The highest BCUT2D eigenvalue weighted by molar-refractivity contribution is 7.80. The fourth-order valence-corrected chi connectivity index (χ4v) is 5.61. The van der Waals surface area contributed by atoms with Gasteiger partial charge in [-0.2, -0.15) is 0 Å². The first kappa shape index (κ1) is 26.9. The summed E-state index contributed by atoms with van der Waals surface area (Å²) in [5.41, 5.74) is 3.71. The molecule has 2 aromatic carbocycles. The summed E-state index contributed by atoms with van der Waals surface area (Å²) in [6.07, 6.45) is 0.817. The van der Waals surface area contributed by atoms with Crippen molar-refractivity contribution >= 4 is 28.9 Å². The number of carbonyl (C=O) groups is 2. The van der Waals surface area contributed by atoms with Gasteiger partial charge in [-0.25, -0.2) is 10.3 Å². The third-order valence-corrected chi connectivity index (χ3v) is 7.63. The maximum atomic E-state index is 12.8. The standard InChI is InChI=1S/C25H32N4O7S/c1-35-22-8-4-19(5-9-22)18-2-6-21(7-3-18)29(37(33)34)23(24(30)26-32)20-10-12-27(13-11-20)25(31)28-14-16-36-17-15-28/h2-9,20,23,32H,10-17H2,1H3,(H,26,30)(H,33,34)/p-1. The van der Waals surface area contributed by atoms with Gasteiger partial charge in [0.1, 0.15) is 11.8 Å². The molecule has 2 heterocycles. The molecule has 2 atom stereocenters. The number of carbonyl (C=O) groups excluding carboxylic acids is 2. The first-order chi connectivity index (χ1) is 17.9. The summed E-state index contributed by atoms with van der Waals surface area (Å²) in [4.78, 5) is 29.0. The minimum atomic E-state index is -2.79. The molecule has 2 aliphatic rings. The van der Waals surface area contributed by atoms with Gasteiger partial charge in [0.25, 0.3) is 5.91 Å². The third-order valence-electron chi connectivity index (χ3n) is 6.88. The molecule has 0 radical (unpaired) electrons. The molecule has 0 saturated carbocycles. The zero-order valence-corrected chi connectivity index (χ0v) is 21.4. The van der Waals surface area contributed by atoms with Crippen LogP contribution in [-0.4, -0.2) is 88.3 Å². The van der Waals surface area contributed by atoms with Crippen LogP contribution >= 0.6 is 0 Å². The van der Waals surface area contributed by atoms with Crippen molar-refractivity contribution < 1.29 is 33.0 Å². The van der Waals surface area contributed by atoms with E-state index in [1.54, 1.807) is 46.7 Å². The highest BCUT2D eigenvalue weighted by Gasteiger charge is 2.38. The predicted molar refractivity (Wildman–Crippen MR) is 136 cm³/mol. The Morgan fingerprint density at radius 3 is 2.08 bits per heavy atom. The van der Waals surface area contributed by atoms with Crippen LogP contribution in [0, 0.1) is 5.92 Å². The van der Waals surface area contributed by atoms with Crippen molar-refractivity contribution in [3.8, 4) is 16.9 Å². The Hall–Kier alpha value is -3.19. The highest BCUT2D eigenvalue weighted by atomic mass is 32.2. The number of nitrogens with one attached hydrogen (secondary N) is 1. The average Bonchev–Trinajstić information content (AvgIpc) is 2.95. The smallest absolute Gasteiger partial charge is 0.320 e. The number of nitrogens with zero attached hydrogens (tertiary/aromatic N) is 3. The van der Waals surface area contributed by atoms with Crippen LogP contribution in [0.15, 0.2) is 48.5 Å². The molecule has 2 aromatic rings. The molecule has 3 amide bonds. The number of ether oxygens (including phenoxy) is 2. The Bertz CT molecular complexity index is 1090. The Labute approximate surface area is 218 Å². The lowest BCUT2D eigenvalue weighted by atomic mass is 9.88. The lowest BCUT2D eigenvalue weighted by Gasteiger charge is -2.42. The van der Waals surface area contributed by atoms with Crippen LogP contribution in [0.3, 0.4) is 0 Å². The minimum Gasteiger partial charge on any atom is -0.755 e. The molecule has 0 bridgehead atoms. The van der Waals surface area contributed by atoms with E-state index in [0.29, 0.717) is 57.9 Å². The zero-order chi connectivity index (χ0) is 26.4. The summed E-state index contributed by atoms with van der Waals surface area (Å²) >= 11 is -2.79. The number of likely N-dealkylation sites (tertiary alicyclic amines) is 1. The first-order valence-corrected chi connectivity index (χ1v) is 13.1. The number of rotatable bonds is 7. The predicted octanol–water partition coefficient (Wildman–Crippen LogP) is 2.00.